The molecular weight excluding hydrogens is 404 g/mol. The quantitative estimate of drug-likeness (QED) is 0.535. The minimum atomic E-state index is -0.199. The Morgan fingerprint density at radius 2 is 1.73 bits per heavy atom. The van der Waals surface area contributed by atoms with E-state index in [1.165, 1.54) is 0 Å². The molecule has 2 aromatic carbocycles. The lowest BCUT2D eigenvalue weighted by Crippen LogP contribution is -2.27. The Kier molecular flexibility index (Phi) is 6.73. The number of ether oxygens (including phenoxy) is 3. The van der Waals surface area contributed by atoms with Crippen LogP contribution in [0.1, 0.15) is 11.1 Å². The standard InChI is InChI=1S/C21H24N4O4S/c1-13-5-7-15(8-6-13)20-23-24-21(30)25(20)12-18(26)22-11-14-9-16(27-2)19(29-4)17(10-14)28-3/h5-10H,11-12H2,1-4H3,(H,22,26)(H,24,30). The summed E-state index contributed by atoms with van der Waals surface area (Å²) in [4.78, 5) is 12.6. The van der Waals surface area contributed by atoms with Gasteiger partial charge in [0.05, 0.1) is 21.3 Å². The molecule has 0 aliphatic rings. The molecule has 1 aromatic heterocycles. The van der Waals surface area contributed by atoms with Crippen LogP contribution in [0.25, 0.3) is 11.4 Å². The molecule has 30 heavy (non-hydrogen) atoms. The number of benzene rings is 2. The van der Waals surface area contributed by atoms with Gasteiger partial charge in [0.25, 0.3) is 0 Å². The van der Waals surface area contributed by atoms with Crippen molar-refractivity contribution in [2.75, 3.05) is 21.3 Å². The third kappa shape index (κ3) is 4.62. The van der Waals surface area contributed by atoms with Crippen LogP contribution in [0.3, 0.4) is 0 Å². The van der Waals surface area contributed by atoms with E-state index in [-0.39, 0.29) is 12.5 Å². The van der Waals surface area contributed by atoms with Crippen LogP contribution in [0.15, 0.2) is 36.4 Å². The second-order valence-corrected chi connectivity index (χ2v) is 7.00. The highest BCUT2D eigenvalue weighted by molar-refractivity contribution is 7.71. The van der Waals surface area contributed by atoms with Gasteiger partial charge in [0.2, 0.25) is 11.7 Å². The topological polar surface area (TPSA) is 90.4 Å². The van der Waals surface area contributed by atoms with E-state index in [0.29, 0.717) is 34.4 Å². The molecule has 0 atom stereocenters. The number of methoxy groups -OCH3 is 3. The Morgan fingerprint density at radius 1 is 1.10 bits per heavy atom. The van der Waals surface area contributed by atoms with Crippen molar-refractivity contribution in [3.8, 4) is 28.6 Å². The van der Waals surface area contributed by atoms with Crippen LogP contribution in [0, 0.1) is 11.7 Å². The van der Waals surface area contributed by atoms with Gasteiger partial charge >= 0.3 is 0 Å². The molecule has 0 saturated carbocycles. The molecule has 0 unspecified atom stereocenters. The summed E-state index contributed by atoms with van der Waals surface area (Å²) in [7, 11) is 4.64. The fourth-order valence-corrected chi connectivity index (χ4v) is 3.22. The molecule has 0 aliphatic carbocycles. The van der Waals surface area contributed by atoms with Gasteiger partial charge in [0.15, 0.2) is 22.1 Å². The first kappa shape index (κ1) is 21.4. The van der Waals surface area contributed by atoms with Crippen LogP contribution in [0.4, 0.5) is 0 Å². The molecule has 3 aromatic rings. The van der Waals surface area contributed by atoms with Gasteiger partial charge in [-0.2, -0.15) is 5.10 Å². The minimum absolute atomic E-state index is 0.0446. The third-order valence-corrected chi connectivity index (χ3v) is 4.90. The number of aryl methyl sites for hydroxylation is 1. The van der Waals surface area contributed by atoms with Crippen molar-refractivity contribution in [1.82, 2.24) is 20.1 Å². The van der Waals surface area contributed by atoms with Crippen LogP contribution in [-0.4, -0.2) is 42.0 Å². The molecule has 158 valence electrons. The van der Waals surface area contributed by atoms with Gasteiger partial charge < -0.3 is 19.5 Å². The van der Waals surface area contributed by atoms with Crippen molar-refractivity contribution in [3.63, 3.8) is 0 Å². The summed E-state index contributed by atoms with van der Waals surface area (Å²) in [5, 5.41) is 9.92. The molecule has 1 amide bonds. The highest BCUT2D eigenvalue weighted by Gasteiger charge is 2.15. The van der Waals surface area contributed by atoms with Gasteiger partial charge in [-0.15, -0.1) is 0 Å². The second-order valence-electron chi connectivity index (χ2n) is 6.61. The molecular formula is C21H24N4O4S. The van der Waals surface area contributed by atoms with Gasteiger partial charge in [0, 0.05) is 12.1 Å². The predicted octanol–water partition coefficient (Wildman–Crippen LogP) is 3.26. The number of nitrogens with one attached hydrogen (secondary N) is 2. The third-order valence-electron chi connectivity index (χ3n) is 4.58. The van der Waals surface area contributed by atoms with E-state index in [9.17, 15) is 4.79 Å². The van der Waals surface area contributed by atoms with Crippen molar-refractivity contribution < 1.29 is 19.0 Å². The molecule has 0 spiro atoms. The number of amides is 1. The van der Waals surface area contributed by atoms with E-state index in [1.807, 2.05) is 31.2 Å². The zero-order valence-corrected chi connectivity index (χ0v) is 18.1. The summed E-state index contributed by atoms with van der Waals surface area (Å²) in [6.07, 6.45) is 0. The minimum Gasteiger partial charge on any atom is -0.493 e. The number of carbonyl (C=O) groups excluding carboxylic acids is 1. The number of aromatic nitrogens is 3. The SMILES string of the molecule is COc1cc(CNC(=O)Cn2c(-c3ccc(C)cc3)n[nH]c2=S)cc(OC)c1OC. The number of H-pyrrole nitrogens is 1. The largest absolute Gasteiger partial charge is 0.493 e. The second kappa shape index (κ2) is 9.45. The summed E-state index contributed by atoms with van der Waals surface area (Å²) in [6, 6.07) is 11.5. The Labute approximate surface area is 179 Å². The summed E-state index contributed by atoms with van der Waals surface area (Å²) in [6.45, 7) is 2.35. The first-order chi connectivity index (χ1) is 14.5. The predicted molar refractivity (Wildman–Crippen MR) is 116 cm³/mol. The van der Waals surface area contributed by atoms with Crippen LogP contribution in [0.2, 0.25) is 0 Å². The lowest BCUT2D eigenvalue weighted by molar-refractivity contribution is -0.121. The van der Waals surface area contributed by atoms with Crippen molar-refractivity contribution in [3.05, 3.63) is 52.3 Å². The molecule has 0 saturated heterocycles. The Morgan fingerprint density at radius 3 is 2.30 bits per heavy atom. The summed E-state index contributed by atoms with van der Waals surface area (Å²) in [5.41, 5.74) is 2.83. The fraction of sp³-hybridized carbons (Fsp3) is 0.286. The molecule has 0 aliphatic heterocycles. The van der Waals surface area contributed by atoms with Crippen LogP contribution >= 0.6 is 12.2 Å². The van der Waals surface area contributed by atoms with Gasteiger partial charge in [-0.05, 0) is 36.8 Å². The number of nitrogens with zero attached hydrogens (tertiary/aromatic N) is 2. The average Bonchev–Trinajstić information content (AvgIpc) is 3.11. The van der Waals surface area contributed by atoms with Crippen molar-refractivity contribution in [1.29, 1.82) is 0 Å². The number of hydrogen-bond acceptors (Lipinski definition) is 6. The van der Waals surface area contributed by atoms with Crippen molar-refractivity contribution in [2.24, 2.45) is 0 Å². The van der Waals surface area contributed by atoms with Crippen molar-refractivity contribution in [2.45, 2.75) is 20.0 Å². The molecule has 9 heteroatoms. The summed E-state index contributed by atoms with van der Waals surface area (Å²) >= 11 is 5.31. The number of carbonyl (C=O) groups is 1. The number of hydrogen-bond donors (Lipinski definition) is 2. The van der Waals surface area contributed by atoms with E-state index in [4.69, 9.17) is 26.4 Å². The number of rotatable bonds is 8. The summed E-state index contributed by atoms with van der Waals surface area (Å²) in [5.74, 6) is 1.97. The van der Waals surface area contributed by atoms with E-state index < -0.39 is 0 Å². The molecule has 2 N–H and O–H groups in total. The monoisotopic (exact) mass is 428 g/mol. The molecule has 0 fully saturated rings. The smallest absolute Gasteiger partial charge is 0.240 e. The average molecular weight is 429 g/mol. The molecule has 1 heterocycles. The fourth-order valence-electron chi connectivity index (χ4n) is 3.02. The normalized spacial score (nSPS) is 10.5. The van der Waals surface area contributed by atoms with Crippen LogP contribution in [0.5, 0.6) is 17.2 Å². The molecule has 0 bridgehead atoms. The maximum atomic E-state index is 12.6. The van der Waals surface area contributed by atoms with Crippen molar-refractivity contribution >= 4 is 18.1 Å². The maximum Gasteiger partial charge on any atom is 0.240 e. The van der Waals surface area contributed by atoms with Crippen LogP contribution in [-0.2, 0) is 17.9 Å². The molecule has 3 rings (SSSR count). The van der Waals surface area contributed by atoms with Gasteiger partial charge in [-0.1, -0.05) is 29.8 Å². The zero-order chi connectivity index (χ0) is 21.7. The highest BCUT2D eigenvalue weighted by Crippen LogP contribution is 2.38. The molecule has 0 radical (unpaired) electrons. The molecule has 8 nitrogen and oxygen atoms in total. The zero-order valence-electron chi connectivity index (χ0n) is 17.3. The Hall–Kier alpha value is -3.33. The van der Waals surface area contributed by atoms with Gasteiger partial charge in [-0.25, -0.2) is 0 Å². The maximum absolute atomic E-state index is 12.6. The van der Waals surface area contributed by atoms with E-state index in [1.54, 1.807) is 38.0 Å². The lowest BCUT2D eigenvalue weighted by Gasteiger charge is -2.14. The number of aromatic amines is 1. The van der Waals surface area contributed by atoms with E-state index in [0.717, 1.165) is 16.7 Å². The highest BCUT2D eigenvalue weighted by atomic mass is 32.1. The Bertz CT molecular complexity index is 1060. The lowest BCUT2D eigenvalue weighted by atomic mass is 10.1. The van der Waals surface area contributed by atoms with Gasteiger partial charge in [0.1, 0.15) is 6.54 Å². The van der Waals surface area contributed by atoms with E-state index >= 15 is 0 Å². The van der Waals surface area contributed by atoms with Gasteiger partial charge in [-0.3, -0.25) is 14.5 Å². The van der Waals surface area contributed by atoms with Crippen LogP contribution < -0.4 is 19.5 Å². The summed E-state index contributed by atoms with van der Waals surface area (Å²) < 4.78 is 18.1. The van der Waals surface area contributed by atoms with E-state index in [2.05, 4.69) is 15.5 Å². The first-order valence-corrected chi connectivity index (χ1v) is 9.65. The Balaban J connectivity index is 1.74. The first-order valence-electron chi connectivity index (χ1n) is 9.24.